The Bertz CT molecular complexity index is 608. The Balaban J connectivity index is 1.83. The van der Waals surface area contributed by atoms with Crippen molar-refractivity contribution in [3.05, 3.63) is 102 Å². The molecule has 0 unspecified atom stereocenters. The fourth-order valence-corrected chi connectivity index (χ4v) is 2.76. The molecule has 0 saturated carbocycles. The van der Waals surface area contributed by atoms with Gasteiger partial charge in [0.25, 0.3) is 0 Å². The second kappa shape index (κ2) is 6.85. The summed E-state index contributed by atoms with van der Waals surface area (Å²) >= 11 is 0. The number of hydrogen-bond donors (Lipinski definition) is 0. The molecule has 1 aromatic heterocycles. The Hall–Kier alpha value is -2.41. The van der Waals surface area contributed by atoms with Gasteiger partial charge in [0.05, 0.1) is 0 Å². The van der Waals surface area contributed by atoms with E-state index in [2.05, 4.69) is 77.8 Å². The maximum Gasteiger partial charge on any atom is 0.0270 e. The summed E-state index contributed by atoms with van der Waals surface area (Å²) < 4.78 is 0. The molecule has 0 N–H and O–H groups in total. The highest BCUT2D eigenvalue weighted by Crippen LogP contribution is 2.29. The van der Waals surface area contributed by atoms with Crippen LogP contribution in [0.4, 0.5) is 0 Å². The minimum atomic E-state index is 0.445. The number of hydrogen-bond acceptors (Lipinski definition) is 1. The van der Waals surface area contributed by atoms with Crippen LogP contribution >= 0.6 is 0 Å². The van der Waals surface area contributed by atoms with Crippen LogP contribution in [-0.4, -0.2) is 4.98 Å². The average Bonchev–Trinajstić information content (AvgIpc) is 2.58. The van der Waals surface area contributed by atoms with Crippen LogP contribution in [0.2, 0.25) is 0 Å². The third-order valence-corrected chi connectivity index (χ3v) is 3.87. The summed E-state index contributed by atoms with van der Waals surface area (Å²) in [6.45, 7) is 0. The number of aryl methyl sites for hydroxylation is 1. The first-order valence-electron chi connectivity index (χ1n) is 7.42. The van der Waals surface area contributed by atoms with Crippen LogP contribution in [-0.2, 0) is 6.42 Å². The van der Waals surface area contributed by atoms with Crippen LogP contribution < -0.4 is 0 Å². The number of nitrogens with zero attached hydrogens (tertiary/aromatic N) is 1. The summed E-state index contributed by atoms with van der Waals surface area (Å²) in [4.78, 5) is 4.09. The smallest absolute Gasteiger partial charge is 0.0270 e. The summed E-state index contributed by atoms with van der Waals surface area (Å²) in [6, 6.07) is 25.8. The molecular formula is C20H19N. The monoisotopic (exact) mass is 273 g/mol. The summed E-state index contributed by atoms with van der Waals surface area (Å²) in [5.74, 6) is 0.445. The largest absolute Gasteiger partial charge is 0.265 e. The van der Waals surface area contributed by atoms with Crippen molar-refractivity contribution in [2.24, 2.45) is 0 Å². The zero-order valence-electron chi connectivity index (χ0n) is 12.0. The van der Waals surface area contributed by atoms with E-state index in [1.165, 1.54) is 16.7 Å². The SMILES string of the molecule is c1ccc(C(CCc2ccncc2)c2ccccc2)cc1. The molecule has 0 atom stereocenters. The highest BCUT2D eigenvalue weighted by atomic mass is 14.6. The first-order valence-corrected chi connectivity index (χ1v) is 7.42. The van der Waals surface area contributed by atoms with Gasteiger partial charge >= 0.3 is 0 Å². The molecule has 0 radical (unpaired) electrons. The number of benzene rings is 2. The van der Waals surface area contributed by atoms with Gasteiger partial charge in [0.2, 0.25) is 0 Å². The molecule has 0 fully saturated rings. The number of aromatic nitrogens is 1. The van der Waals surface area contributed by atoms with Crippen molar-refractivity contribution in [2.45, 2.75) is 18.8 Å². The highest BCUT2D eigenvalue weighted by molar-refractivity contribution is 5.32. The standard InChI is InChI=1S/C20H19N/c1-3-7-18(8-4-1)20(19-9-5-2-6-10-19)12-11-17-13-15-21-16-14-17/h1-10,13-16,20H,11-12H2. The van der Waals surface area contributed by atoms with Gasteiger partial charge in [-0.3, -0.25) is 4.98 Å². The van der Waals surface area contributed by atoms with Crippen LogP contribution in [0.3, 0.4) is 0 Å². The summed E-state index contributed by atoms with van der Waals surface area (Å²) in [7, 11) is 0. The second-order valence-electron chi connectivity index (χ2n) is 5.27. The predicted octanol–water partition coefficient (Wildman–Crippen LogP) is 4.85. The predicted molar refractivity (Wildman–Crippen MR) is 87.3 cm³/mol. The third-order valence-electron chi connectivity index (χ3n) is 3.87. The van der Waals surface area contributed by atoms with E-state index in [0.717, 1.165) is 12.8 Å². The molecular weight excluding hydrogens is 254 g/mol. The van der Waals surface area contributed by atoms with E-state index in [-0.39, 0.29) is 0 Å². The first-order chi connectivity index (χ1) is 10.4. The fourth-order valence-electron chi connectivity index (χ4n) is 2.76. The Morgan fingerprint density at radius 2 is 1.19 bits per heavy atom. The van der Waals surface area contributed by atoms with E-state index in [9.17, 15) is 0 Å². The molecule has 0 aliphatic heterocycles. The summed E-state index contributed by atoms with van der Waals surface area (Å²) in [6.07, 6.45) is 5.92. The van der Waals surface area contributed by atoms with E-state index in [4.69, 9.17) is 0 Å². The molecule has 0 amide bonds. The Morgan fingerprint density at radius 1 is 0.667 bits per heavy atom. The van der Waals surface area contributed by atoms with Crippen molar-refractivity contribution in [1.82, 2.24) is 4.98 Å². The molecule has 3 rings (SSSR count). The fraction of sp³-hybridized carbons (Fsp3) is 0.150. The van der Waals surface area contributed by atoms with Crippen LogP contribution in [0.1, 0.15) is 29.0 Å². The molecule has 2 aromatic carbocycles. The molecule has 1 nitrogen and oxygen atoms in total. The quantitative estimate of drug-likeness (QED) is 0.647. The zero-order chi connectivity index (χ0) is 14.3. The van der Waals surface area contributed by atoms with E-state index in [1.807, 2.05) is 12.4 Å². The van der Waals surface area contributed by atoms with Gasteiger partial charge in [-0.1, -0.05) is 60.7 Å². The van der Waals surface area contributed by atoms with Crippen molar-refractivity contribution in [1.29, 1.82) is 0 Å². The molecule has 0 aliphatic carbocycles. The van der Waals surface area contributed by atoms with Crippen molar-refractivity contribution in [3.63, 3.8) is 0 Å². The van der Waals surface area contributed by atoms with Gasteiger partial charge in [0.1, 0.15) is 0 Å². The van der Waals surface area contributed by atoms with E-state index >= 15 is 0 Å². The topological polar surface area (TPSA) is 12.9 Å². The lowest BCUT2D eigenvalue weighted by Gasteiger charge is -2.18. The van der Waals surface area contributed by atoms with Crippen LogP contribution in [0.25, 0.3) is 0 Å². The van der Waals surface area contributed by atoms with Crippen LogP contribution in [0.5, 0.6) is 0 Å². The van der Waals surface area contributed by atoms with E-state index < -0.39 is 0 Å². The molecule has 104 valence electrons. The molecule has 0 bridgehead atoms. The van der Waals surface area contributed by atoms with Crippen LogP contribution in [0, 0.1) is 0 Å². The van der Waals surface area contributed by atoms with Gasteiger partial charge < -0.3 is 0 Å². The minimum absolute atomic E-state index is 0.445. The molecule has 3 aromatic rings. The number of pyridine rings is 1. The Morgan fingerprint density at radius 3 is 1.71 bits per heavy atom. The second-order valence-corrected chi connectivity index (χ2v) is 5.27. The third kappa shape index (κ3) is 3.57. The minimum Gasteiger partial charge on any atom is -0.265 e. The normalized spacial score (nSPS) is 10.7. The first kappa shape index (κ1) is 13.6. The van der Waals surface area contributed by atoms with E-state index in [1.54, 1.807) is 0 Å². The van der Waals surface area contributed by atoms with Crippen molar-refractivity contribution in [2.75, 3.05) is 0 Å². The Kier molecular flexibility index (Phi) is 4.42. The van der Waals surface area contributed by atoms with Crippen molar-refractivity contribution < 1.29 is 0 Å². The molecule has 1 heteroatoms. The Labute approximate surface area is 126 Å². The zero-order valence-corrected chi connectivity index (χ0v) is 12.0. The lowest BCUT2D eigenvalue weighted by Crippen LogP contribution is -2.03. The van der Waals surface area contributed by atoms with Gasteiger partial charge in [0.15, 0.2) is 0 Å². The molecule has 0 spiro atoms. The summed E-state index contributed by atoms with van der Waals surface area (Å²) in [5.41, 5.74) is 4.12. The highest BCUT2D eigenvalue weighted by Gasteiger charge is 2.13. The lowest BCUT2D eigenvalue weighted by atomic mass is 9.86. The van der Waals surface area contributed by atoms with Gasteiger partial charge in [-0.2, -0.15) is 0 Å². The van der Waals surface area contributed by atoms with E-state index in [0.29, 0.717) is 5.92 Å². The van der Waals surface area contributed by atoms with Crippen molar-refractivity contribution in [3.8, 4) is 0 Å². The lowest BCUT2D eigenvalue weighted by molar-refractivity contribution is 0.714. The maximum atomic E-state index is 4.09. The molecule has 0 aliphatic rings. The van der Waals surface area contributed by atoms with Gasteiger partial charge in [-0.05, 0) is 41.7 Å². The van der Waals surface area contributed by atoms with Crippen molar-refractivity contribution >= 4 is 0 Å². The molecule has 0 saturated heterocycles. The van der Waals surface area contributed by atoms with Gasteiger partial charge in [-0.25, -0.2) is 0 Å². The maximum absolute atomic E-state index is 4.09. The molecule has 21 heavy (non-hydrogen) atoms. The van der Waals surface area contributed by atoms with Gasteiger partial charge in [-0.15, -0.1) is 0 Å². The molecule has 1 heterocycles. The van der Waals surface area contributed by atoms with Crippen LogP contribution in [0.15, 0.2) is 85.2 Å². The van der Waals surface area contributed by atoms with Gasteiger partial charge in [0, 0.05) is 18.3 Å². The average molecular weight is 273 g/mol. The number of rotatable bonds is 5. The summed E-state index contributed by atoms with van der Waals surface area (Å²) in [5, 5.41) is 0.